The number of rotatable bonds is 12. The second-order valence-corrected chi connectivity index (χ2v) is 12.4. The Balaban J connectivity index is 2.02. The first-order valence-corrected chi connectivity index (χ1v) is 15.3. The molecule has 214 valence electrons. The summed E-state index contributed by atoms with van der Waals surface area (Å²) in [5, 5.41) is 2.93. The molecule has 0 aliphatic rings. The standard InChI is InChI=1S/C30H36BrN3O5S/c1-6-22(3)32-30(36)23(4)33(19-24-8-7-9-25(31)18-24)29(35)20-34(26-12-10-21(2)11-13-26)40(37,38)28-16-14-27(39-5)15-17-28/h7-18,22-23H,6,19-20H2,1-5H3,(H,32,36). The van der Waals surface area contributed by atoms with E-state index in [4.69, 9.17) is 4.74 Å². The molecule has 8 nitrogen and oxygen atoms in total. The van der Waals surface area contributed by atoms with E-state index in [1.807, 2.05) is 45.0 Å². The monoisotopic (exact) mass is 629 g/mol. The number of halogens is 1. The maximum Gasteiger partial charge on any atom is 0.264 e. The van der Waals surface area contributed by atoms with Gasteiger partial charge in [-0.3, -0.25) is 13.9 Å². The highest BCUT2D eigenvalue weighted by Crippen LogP contribution is 2.26. The van der Waals surface area contributed by atoms with Crippen LogP contribution in [0, 0.1) is 6.92 Å². The van der Waals surface area contributed by atoms with Crippen LogP contribution in [0.3, 0.4) is 0 Å². The lowest BCUT2D eigenvalue weighted by Gasteiger charge is -2.32. The highest BCUT2D eigenvalue weighted by Gasteiger charge is 2.32. The fourth-order valence-electron chi connectivity index (χ4n) is 3.99. The zero-order valence-electron chi connectivity index (χ0n) is 23.4. The summed E-state index contributed by atoms with van der Waals surface area (Å²) in [5.74, 6) is -0.305. The first kappa shape index (κ1) is 31.2. The Kier molecular flexibility index (Phi) is 10.8. The van der Waals surface area contributed by atoms with Crippen molar-refractivity contribution in [2.24, 2.45) is 0 Å². The molecule has 2 atom stereocenters. The fourth-order valence-corrected chi connectivity index (χ4v) is 5.86. The van der Waals surface area contributed by atoms with Gasteiger partial charge in [0, 0.05) is 17.1 Å². The molecule has 3 rings (SSSR count). The SMILES string of the molecule is CCC(C)NC(=O)C(C)N(Cc1cccc(Br)c1)C(=O)CN(c1ccc(C)cc1)S(=O)(=O)c1ccc(OC)cc1. The van der Waals surface area contributed by atoms with E-state index in [9.17, 15) is 18.0 Å². The summed E-state index contributed by atoms with van der Waals surface area (Å²) in [6.07, 6.45) is 0.735. The van der Waals surface area contributed by atoms with Crippen LogP contribution in [0.5, 0.6) is 5.75 Å². The van der Waals surface area contributed by atoms with Crippen LogP contribution in [0.1, 0.15) is 38.3 Å². The molecular weight excluding hydrogens is 594 g/mol. The third-order valence-electron chi connectivity index (χ3n) is 6.66. The summed E-state index contributed by atoms with van der Waals surface area (Å²) in [7, 11) is -2.65. The maximum absolute atomic E-state index is 14.0. The molecule has 40 heavy (non-hydrogen) atoms. The molecule has 2 unspecified atom stereocenters. The van der Waals surface area contributed by atoms with Crippen molar-refractivity contribution in [1.82, 2.24) is 10.2 Å². The Morgan fingerprint density at radius 2 is 1.65 bits per heavy atom. The summed E-state index contributed by atoms with van der Waals surface area (Å²) in [5.41, 5.74) is 2.09. The summed E-state index contributed by atoms with van der Waals surface area (Å²) in [6, 6.07) is 19.4. The zero-order valence-corrected chi connectivity index (χ0v) is 25.8. The van der Waals surface area contributed by atoms with Crippen LogP contribution < -0.4 is 14.4 Å². The van der Waals surface area contributed by atoms with Gasteiger partial charge in [0.15, 0.2) is 0 Å². The molecule has 0 heterocycles. The summed E-state index contributed by atoms with van der Waals surface area (Å²) in [4.78, 5) is 28.5. The van der Waals surface area contributed by atoms with Crippen LogP contribution in [0.4, 0.5) is 5.69 Å². The lowest BCUT2D eigenvalue weighted by atomic mass is 10.1. The molecule has 0 saturated heterocycles. The predicted molar refractivity (Wildman–Crippen MR) is 161 cm³/mol. The average molecular weight is 631 g/mol. The zero-order chi connectivity index (χ0) is 29.4. The van der Waals surface area contributed by atoms with Gasteiger partial charge in [0.25, 0.3) is 10.0 Å². The maximum atomic E-state index is 14.0. The third kappa shape index (κ3) is 7.85. The molecule has 10 heteroatoms. The van der Waals surface area contributed by atoms with Crippen LogP contribution in [0.15, 0.2) is 82.2 Å². The van der Waals surface area contributed by atoms with Gasteiger partial charge in [0.05, 0.1) is 17.7 Å². The van der Waals surface area contributed by atoms with E-state index < -0.39 is 28.5 Å². The van der Waals surface area contributed by atoms with Gasteiger partial charge >= 0.3 is 0 Å². The Morgan fingerprint density at radius 3 is 2.23 bits per heavy atom. The van der Waals surface area contributed by atoms with Crippen molar-refractivity contribution in [3.05, 3.63) is 88.4 Å². The van der Waals surface area contributed by atoms with E-state index in [2.05, 4.69) is 21.2 Å². The van der Waals surface area contributed by atoms with Gasteiger partial charge in [-0.15, -0.1) is 0 Å². The molecule has 0 fully saturated rings. The topological polar surface area (TPSA) is 96.0 Å². The Bertz CT molecular complexity index is 1410. The predicted octanol–water partition coefficient (Wildman–Crippen LogP) is 5.29. The molecular formula is C30H36BrN3O5S. The Labute approximate surface area is 245 Å². The number of nitrogens with one attached hydrogen (secondary N) is 1. The number of anilines is 1. The molecule has 0 radical (unpaired) electrons. The van der Waals surface area contributed by atoms with Gasteiger partial charge in [-0.1, -0.05) is 52.7 Å². The smallest absolute Gasteiger partial charge is 0.264 e. The quantitative estimate of drug-likeness (QED) is 0.294. The number of methoxy groups -OCH3 is 1. The molecule has 0 aliphatic carbocycles. The normalized spacial score (nSPS) is 12.8. The number of carbonyl (C=O) groups is 2. The number of hydrogen-bond acceptors (Lipinski definition) is 5. The van der Waals surface area contributed by atoms with Crippen molar-refractivity contribution in [2.75, 3.05) is 18.0 Å². The minimum absolute atomic E-state index is 0.0165. The summed E-state index contributed by atoms with van der Waals surface area (Å²) >= 11 is 3.46. The first-order valence-electron chi connectivity index (χ1n) is 13.0. The van der Waals surface area contributed by atoms with Crippen molar-refractivity contribution < 1.29 is 22.7 Å². The average Bonchev–Trinajstić information content (AvgIpc) is 2.94. The largest absolute Gasteiger partial charge is 0.497 e. The Morgan fingerprint density at radius 1 is 1.00 bits per heavy atom. The van der Waals surface area contributed by atoms with Crippen molar-refractivity contribution in [1.29, 1.82) is 0 Å². The van der Waals surface area contributed by atoms with Crippen LogP contribution in [-0.2, 0) is 26.2 Å². The van der Waals surface area contributed by atoms with E-state index in [0.29, 0.717) is 11.4 Å². The van der Waals surface area contributed by atoms with Gasteiger partial charge in [-0.2, -0.15) is 0 Å². The number of carbonyl (C=O) groups excluding carboxylic acids is 2. The molecule has 1 N–H and O–H groups in total. The third-order valence-corrected chi connectivity index (χ3v) is 8.94. The lowest BCUT2D eigenvalue weighted by molar-refractivity contribution is -0.139. The number of sulfonamides is 1. The van der Waals surface area contributed by atoms with Crippen molar-refractivity contribution >= 4 is 43.5 Å². The molecule has 0 saturated carbocycles. The number of ether oxygens (including phenoxy) is 1. The van der Waals surface area contributed by atoms with E-state index in [0.717, 1.165) is 26.3 Å². The van der Waals surface area contributed by atoms with Crippen LogP contribution in [0.2, 0.25) is 0 Å². The molecule has 2 amide bonds. The van der Waals surface area contributed by atoms with Crippen molar-refractivity contribution in [2.45, 2.75) is 57.6 Å². The highest BCUT2D eigenvalue weighted by atomic mass is 79.9. The minimum Gasteiger partial charge on any atom is -0.497 e. The highest BCUT2D eigenvalue weighted by molar-refractivity contribution is 9.10. The summed E-state index contributed by atoms with van der Waals surface area (Å²) < 4.78 is 34.9. The van der Waals surface area contributed by atoms with Gasteiger partial charge in [0.1, 0.15) is 18.3 Å². The number of nitrogens with zero attached hydrogens (tertiary/aromatic N) is 2. The molecule has 3 aromatic carbocycles. The van der Waals surface area contributed by atoms with Gasteiger partial charge < -0.3 is 15.0 Å². The van der Waals surface area contributed by atoms with Crippen LogP contribution >= 0.6 is 15.9 Å². The van der Waals surface area contributed by atoms with Crippen molar-refractivity contribution in [3.63, 3.8) is 0 Å². The number of amides is 2. The van der Waals surface area contributed by atoms with E-state index in [1.54, 1.807) is 43.3 Å². The second-order valence-electron chi connectivity index (χ2n) is 9.67. The Hall–Kier alpha value is -3.37. The fraction of sp³-hybridized carbons (Fsp3) is 0.333. The minimum atomic E-state index is -4.15. The second kappa shape index (κ2) is 13.8. The number of hydrogen-bond donors (Lipinski definition) is 1. The number of aryl methyl sites for hydroxylation is 1. The molecule has 0 aliphatic heterocycles. The first-order chi connectivity index (χ1) is 19.0. The van der Waals surface area contributed by atoms with E-state index in [1.165, 1.54) is 24.1 Å². The van der Waals surface area contributed by atoms with Crippen LogP contribution in [0.25, 0.3) is 0 Å². The van der Waals surface area contributed by atoms with Crippen LogP contribution in [-0.4, -0.2) is 50.9 Å². The van der Waals surface area contributed by atoms with Gasteiger partial charge in [-0.25, -0.2) is 8.42 Å². The van der Waals surface area contributed by atoms with Gasteiger partial charge in [0.2, 0.25) is 11.8 Å². The lowest BCUT2D eigenvalue weighted by Crippen LogP contribution is -2.52. The molecule has 0 spiro atoms. The van der Waals surface area contributed by atoms with E-state index >= 15 is 0 Å². The molecule has 0 bridgehead atoms. The molecule has 0 aromatic heterocycles. The molecule has 3 aromatic rings. The number of benzene rings is 3. The van der Waals surface area contributed by atoms with Gasteiger partial charge in [-0.05, 0) is 81.3 Å². The summed E-state index contributed by atoms with van der Waals surface area (Å²) in [6.45, 7) is 7.04. The van der Waals surface area contributed by atoms with Crippen molar-refractivity contribution in [3.8, 4) is 5.75 Å². The van der Waals surface area contributed by atoms with E-state index in [-0.39, 0.29) is 23.4 Å².